The average molecular weight is 256 g/mol. The van der Waals surface area contributed by atoms with Gasteiger partial charge in [0.2, 0.25) is 0 Å². The number of aliphatic carboxylic acids is 1. The highest BCUT2D eigenvalue weighted by Crippen LogP contribution is 2.25. The summed E-state index contributed by atoms with van der Waals surface area (Å²) in [6.07, 6.45) is 1.61. The Balaban J connectivity index is 3.81. The number of carbonyl (C=O) groups excluding carboxylic acids is 1. The highest BCUT2D eigenvalue weighted by atomic mass is 16.5. The molecule has 0 aromatic rings. The van der Waals surface area contributed by atoms with Gasteiger partial charge in [0, 0.05) is 5.57 Å². The fourth-order valence-corrected chi connectivity index (χ4v) is 1.82. The molecule has 0 saturated heterocycles. The molecule has 1 atom stereocenters. The highest BCUT2D eigenvalue weighted by Gasteiger charge is 2.16. The van der Waals surface area contributed by atoms with Gasteiger partial charge in [-0.1, -0.05) is 34.3 Å². The van der Waals surface area contributed by atoms with Gasteiger partial charge in [0.05, 0.1) is 13.0 Å². The smallest absolute Gasteiger partial charge is 0.331 e. The quantitative estimate of drug-likeness (QED) is 0.561. The van der Waals surface area contributed by atoms with Gasteiger partial charge in [-0.3, -0.25) is 4.79 Å². The summed E-state index contributed by atoms with van der Waals surface area (Å²) in [6.45, 7) is 12.3. The van der Waals surface area contributed by atoms with Gasteiger partial charge in [-0.05, 0) is 24.2 Å². The summed E-state index contributed by atoms with van der Waals surface area (Å²) in [5.74, 6) is -1.21. The molecule has 1 N–H and O–H groups in total. The molecule has 0 aromatic heterocycles. The van der Waals surface area contributed by atoms with E-state index in [1.807, 2.05) is 0 Å². The van der Waals surface area contributed by atoms with Gasteiger partial charge in [-0.25, -0.2) is 4.79 Å². The number of rotatable bonds is 7. The van der Waals surface area contributed by atoms with Crippen molar-refractivity contribution in [3.8, 4) is 0 Å². The minimum absolute atomic E-state index is 0.136. The molecular formula is C14H24O4. The molecule has 0 amide bonds. The minimum atomic E-state index is -1.16. The SMILES string of the molecule is C=C(CC(=O)OCCC(C)CC(C)(C)C)C(=O)O. The van der Waals surface area contributed by atoms with Gasteiger partial charge in [-0.2, -0.15) is 0 Å². The second kappa shape index (κ2) is 7.19. The van der Waals surface area contributed by atoms with Crippen LogP contribution < -0.4 is 0 Å². The highest BCUT2D eigenvalue weighted by molar-refractivity contribution is 5.91. The average Bonchev–Trinajstić information content (AvgIpc) is 2.14. The number of hydrogen-bond acceptors (Lipinski definition) is 3. The van der Waals surface area contributed by atoms with Crippen LogP contribution in [0.25, 0.3) is 0 Å². The van der Waals surface area contributed by atoms with Gasteiger partial charge < -0.3 is 9.84 Å². The molecule has 0 aromatic carbocycles. The lowest BCUT2D eigenvalue weighted by molar-refractivity contribution is -0.145. The van der Waals surface area contributed by atoms with E-state index in [9.17, 15) is 9.59 Å². The van der Waals surface area contributed by atoms with Crippen molar-refractivity contribution in [2.45, 2.75) is 47.0 Å². The molecule has 18 heavy (non-hydrogen) atoms. The second-order valence-corrected chi connectivity index (χ2v) is 5.96. The summed E-state index contributed by atoms with van der Waals surface area (Å²) in [5.41, 5.74) is 0.129. The molecule has 0 aliphatic heterocycles. The van der Waals surface area contributed by atoms with Crippen LogP contribution in [0.4, 0.5) is 0 Å². The van der Waals surface area contributed by atoms with Gasteiger partial charge in [0.25, 0.3) is 0 Å². The standard InChI is InChI=1S/C14H24O4/c1-10(9-14(3,4)5)6-7-18-12(15)8-11(2)13(16)17/h10H,2,6-9H2,1,3-5H3,(H,16,17). The Kier molecular flexibility index (Phi) is 6.66. The van der Waals surface area contributed by atoms with Crippen molar-refractivity contribution in [2.75, 3.05) is 6.61 Å². The summed E-state index contributed by atoms with van der Waals surface area (Å²) in [4.78, 5) is 21.7. The van der Waals surface area contributed by atoms with E-state index in [0.29, 0.717) is 12.5 Å². The first-order valence-corrected chi connectivity index (χ1v) is 6.18. The zero-order valence-corrected chi connectivity index (χ0v) is 11.8. The van der Waals surface area contributed by atoms with E-state index in [1.54, 1.807) is 0 Å². The zero-order chi connectivity index (χ0) is 14.3. The van der Waals surface area contributed by atoms with Crippen LogP contribution in [0, 0.1) is 11.3 Å². The van der Waals surface area contributed by atoms with Crippen LogP contribution >= 0.6 is 0 Å². The monoisotopic (exact) mass is 256 g/mol. The zero-order valence-electron chi connectivity index (χ0n) is 11.8. The van der Waals surface area contributed by atoms with E-state index in [0.717, 1.165) is 12.8 Å². The lowest BCUT2D eigenvalue weighted by Crippen LogP contribution is -2.15. The third kappa shape index (κ3) is 8.79. The van der Waals surface area contributed by atoms with E-state index >= 15 is 0 Å². The van der Waals surface area contributed by atoms with E-state index in [2.05, 4.69) is 34.3 Å². The van der Waals surface area contributed by atoms with Crippen LogP contribution in [0.15, 0.2) is 12.2 Å². The Morgan fingerprint density at radius 2 is 1.89 bits per heavy atom. The first-order valence-electron chi connectivity index (χ1n) is 6.18. The number of carboxylic acids is 1. The number of esters is 1. The largest absolute Gasteiger partial charge is 0.478 e. The number of carbonyl (C=O) groups is 2. The molecule has 0 bridgehead atoms. The van der Waals surface area contributed by atoms with E-state index < -0.39 is 11.9 Å². The Morgan fingerprint density at radius 3 is 2.33 bits per heavy atom. The summed E-state index contributed by atoms with van der Waals surface area (Å²) in [7, 11) is 0. The fourth-order valence-electron chi connectivity index (χ4n) is 1.82. The molecule has 0 fully saturated rings. The van der Waals surface area contributed by atoms with Crippen LogP contribution in [0.2, 0.25) is 0 Å². The third-order valence-corrected chi connectivity index (χ3v) is 2.49. The third-order valence-electron chi connectivity index (χ3n) is 2.49. The first kappa shape index (κ1) is 16.7. The predicted octanol–water partition coefficient (Wildman–Crippen LogP) is 3.02. The summed E-state index contributed by atoms with van der Waals surface area (Å²) >= 11 is 0. The Labute approximate surface area is 109 Å². The lowest BCUT2D eigenvalue weighted by Gasteiger charge is -2.22. The molecule has 4 heteroatoms. The van der Waals surface area contributed by atoms with Gasteiger partial charge in [0.1, 0.15) is 0 Å². The normalized spacial score (nSPS) is 12.9. The molecule has 1 unspecified atom stereocenters. The van der Waals surface area contributed by atoms with Crippen LogP contribution in [0.5, 0.6) is 0 Å². The maximum atomic E-state index is 11.3. The Bertz CT molecular complexity index is 312. The van der Waals surface area contributed by atoms with Crippen molar-refractivity contribution in [1.29, 1.82) is 0 Å². The molecule has 104 valence electrons. The van der Waals surface area contributed by atoms with Crippen LogP contribution in [0.1, 0.15) is 47.0 Å². The lowest BCUT2D eigenvalue weighted by atomic mass is 9.84. The van der Waals surface area contributed by atoms with E-state index in [4.69, 9.17) is 9.84 Å². The van der Waals surface area contributed by atoms with Crippen molar-refractivity contribution in [2.24, 2.45) is 11.3 Å². The second-order valence-electron chi connectivity index (χ2n) is 5.96. The Hall–Kier alpha value is -1.32. The maximum absolute atomic E-state index is 11.3. The van der Waals surface area contributed by atoms with Crippen LogP contribution in [-0.4, -0.2) is 23.7 Å². The van der Waals surface area contributed by atoms with Crippen molar-refractivity contribution in [1.82, 2.24) is 0 Å². The Morgan fingerprint density at radius 1 is 1.33 bits per heavy atom. The van der Waals surface area contributed by atoms with Crippen LogP contribution in [-0.2, 0) is 14.3 Å². The molecule has 0 saturated carbocycles. The molecule has 4 nitrogen and oxygen atoms in total. The predicted molar refractivity (Wildman–Crippen MR) is 70.2 cm³/mol. The maximum Gasteiger partial charge on any atom is 0.331 e. The van der Waals surface area contributed by atoms with Gasteiger partial charge in [0.15, 0.2) is 0 Å². The molecule has 0 heterocycles. The van der Waals surface area contributed by atoms with Crippen molar-refractivity contribution < 1.29 is 19.4 Å². The van der Waals surface area contributed by atoms with E-state index in [1.165, 1.54) is 0 Å². The number of carboxylic acid groups (broad SMARTS) is 1. The summed E-state index contributed by atoms with van der Waals surface area (Å²) in [5, 5.41) is 8.56. The molecule has 0 aliphatic rings. The minimum Gasteiger partial charge on any atom is -0.478 e. The number of hydrogen-bond donors (Lipinski definition) is 1. The van der Waals surface area contributed by atoms with Gasteiger partial charge in [-0.15, -0.1) is 0 Å². The van der Waals surface area contributed by atoms with Crippen molar-refractivity contribution >= 4 is 11.9 Å². The van der Waals surface area contributed by atoms with E-state index in [-0.39, 0.29) is 17.4 Å². The van der Waals surface area contributed by atoms with Gasteiger partial charge >= 0.3 is 11.9 Å². The molecular weight excluding hydrogens is 232 g/mol. The summed E-state index contributed by atoms with van der Waals surface area (Å²) in [6, 6.07) is 0. The fraction of sp³-hybridized carbons (Fsp3) is 0.714. The molecule has 0 aliphatic carbocycles. The molecule has 0 radical (unpaired) electrons. The van der Waals surface area contributed by atoms with Crippen molar-refractivity contribution in [3.05, 3.63) is 12.2 Å². The first-order chi connectivity index (χ1) is 8.11. The van der Waals surface area contributed by atoms with Crippen molar-refractivity contribution in [3.63, 3.8) is 0 Å². The number of ether oxygens (including phenoxy) is 1. The topological polar surface area (TPSA) is 63.6 Å². The van der Waals surface area contributed by atoms with Crippen LogP contribution in [0.3, 0.4) is 0 Å². The molecule has 0 rings (SSSR count). The summed E-state index contributed by atoms with van der Waals surface area (Å²) < 4.78 is 4.98. The molecule has 0 spiro atoms.